The van der Waals surface area contributed by atoms with E-state index >= 15 is 0 Å². The molecule has 1 aromatic rings. The average molecular weight is 446 g/mol. The summed E-state index contributed by atoms with van der Waals surface area (Å²) in [7, 11) is 0. The van der Waals surface area contributed by atoms with Gasteiger partial charge < -0.3 is 61.0 Å². The SMILES string of the molecule is Cc1ccc(NC2OC(CO)C(O)C(O)C2O)cc1NC1OC(CO)C(O)C(O)C1O. The van der Waals surface area contributed by atoms with Crippen LogP contribution in [0.25, 0.3) is 0 Å². The van der Waals surface area contributed by atoms with Crippen molar-refractivity contribution in [2.45, 2.75) is 68.2 Å². The van der Waals surface area contributed by atoms with E-state index in [0.717, 1.165) is 5.56 Å². The van der Waals surface area contributed by atoms with Gasteiger partial charge in [-0.3, -0.25) is 0 Å². The highest BCUT2D eigenvalue weighted by atomic mass is 16.6. The lowest BCUT2D eigenvalue weighted by Crippen LogP contribution is -2.60. The summed E-state index contributed by atoms with van der Waals surface area (Å²) < 4.78 is 10.9. The third kappa shape index (κ3) is 4.93. The van der Waals surface area contributed by atoms with Gasteiger partial charge in [0.15, 0.2) is 12.5 Å². The van der Waals surface area contributed by atoms with Gasteiger partial charge in [0.25, 0.3) is 0 Å². The molecule has 0 aliphatic carbocycles. The first-order valence-electron chi connectivity index (χ1n) is 9.92. The second-order valence-corrected chi connectivity index (χ2v) is 7.82. The van der Waals surface area contributed by atoms with Gasteiger partial charge in [-0.05, 0) is 24.6 Å². The standard InChI is InChI=1S/C19H30N2O10/c1-7-2-3-8(20-18-16(28)14(26)12(24)10(5-22)30-18)4-9(7)21-19-17(29)15(27)13(25)11(6-23)31-19/h2-4,10-29H,5-6H2,1H3. The van der Waals surface area contributed by atoms with Crippen LogP contribution in [-0.2, 0) is 9.47 Å². The van der Waals surface area contributed by atoms with E-state index in [4.69, 9.17) is 9.47 Å². The summed E-state index contributed by atoms with van der Waals surface area (Å²) in [5, 5.41) is 84.5. The predicted octanol–water partition coefficient (Wildman–Crippen LogP) is -3.58. The Morgan fingerprint density at radius 3 is 1.68 bits per heavy atom. The van der Waals surface area contributed by atoms with Crippen molar-refractivity contribution >= 4 is 11.4 Å². The molecule has 2 aliphatic heterocycles. The average Bonchev–Trinajstić information content (AvgIpc) is 2.76. The van der Waals surface area contributed by atoms with E-state index in [1.807, 2.05) is 0 Å². The summed E-state index contributed by atoms with van der Waals surface area (Å²) in [6, 6.07) is 4.96. The molecule has 0 amide bonds. The summed E-state index contributed by atoms with van der Waals surface area (Å²) in [6.45, 7) is 0.658. The summed E-state index contributed by atoms with van der Waals surface area (Å²) in [4.78, 5) is 0. The molecule has 2 aliphatic rings. The second kappa shape index (κ2) is 9.92. The first-order valence-corrected chi connectivity index (χ1v) is 9.92. The maximum atomic E-state index is 10.2. The molecule has 1 aromatic carbocycles. The van der Waals surface area contributed by atoms with Gasteiger partial charge in [0.2, 0.25) is 0 Å². The largest absolute Gasteiger partial charge is 0.394 e. The summed E-state index contributed by atoms with van der Waals surface area (Å²) in [5.41, 5.74) is 1.64. The number of aliphatic hydroxyl groups excluding tert-OH is 8. The Kier molecular flexibility index (Phi) is 7.70. The third-order valence-corrected chi connectivity index (χ3v) is 5.63. The lowest BCUT2D eigenvalue weighted by molar-refractivity contribution is -0.221. The molecule has 0 bridgehead atoms. The molecule has 0 spiro atoms. The van der Waals surface area contributed by atoms with Crippen LogP contribution in [0.3, 0.4) is 0 Å². The van der Waals surface area contributed by atoms with Crippen LogP contribution in [0.1, 0.15) is 5.56 Å². The number of aryl methyl sites for hydroxylation is 1. The van der Waals surface area contributed by atoms with Crippen LogP contribution in [0.2, 0.25) is 0 Å². The van der Waals surface area contributed by atoms with Crippen molar-refractivity contribution in [3.8, 4) is 0 Å². The minimum atomic E-state index is -1.53. The van der Waals surface area contributed by atoms with Crippen molar-refractivity contribution in [3.63, 3.8) is 0 Å². The molecule has 10 atom stereocenters. The summed E-state index contributed by atoms with van der Waals surface area (Å²) in [5.74, 6) is 0. The molecule has 12 heteroatoms. The maximum absolute atomic E-state index is 10.2. The van der Waals surface area contributed by atoms with Crippen molar-refractivity contribution in [1.82, 2.24) is 0 Å². The number of ether oxygens (including phenoxy) is 2. The smallest absolute Gasteiger partial charge is 0.157 e. The highest BCUT2D eigenvalue weighted by molar-refractivity contribution is 5.61. The fourth-order valence-corrected chi connectivity index (χ4v) is 3.63. The van der Waals surface area contributed by atoms with Crippen LogP contribution in [0.4, 0.5) is 11.4 Å². The molecule has 2 heterocycles. The molecular formula is C19H30N2O10. The Morgan fingerprint density at radius 1 is 0.710 bits per heavy atom. The van der Waals surface area contributed by atoms with Crippen LogP contribution >= 0.6 is 0 Å². The van der Waals surface area contributed by atoms with Crippen LogP contribution in [-0.4, -0.2) is 115 Å². The Hall–Kier alpha value is -1.58. The van der Waals surface area contributed by atoms with Crippen LogP contribution in [0.5, 0.6) is 0 Å². The van der Waals surface area contributed by atoms with E-state index < -0.39 is 74.5 Å². The molecule has 12 nitrogen and oxygen atoms in total. The van der Waals surface area contributed by atoms with Crippen molar-refractivity contribution in [2.75, 3.05) is 23.8 Å². The van der Waals surface area contributed by atoms with Gasteiger partial charge in [-0.15, -0.1) is 0 Å². The van der Waals surface area contributed by atoms with Gasteiger partial charge in [-0.1, -0.05) is 6.07 Å². The van der Waals surface area contributed by atoms with Crippen molar-refractivity contribution in [1.29, 1.82) is 0 Å². The molecule has 2 fully saturated rings. The van der Waals surface area contributed by atoms with Gasteiger partial charge in [0.05, 0.1) is 13.2 Å². The molecular weight excluding hydrogens is 416 g/mol. The monoisotopic (exact) mass is 446 g/mol. The molecule has 0 saturated carbocycles. The van der Waals surface area contributed by atoms with E-state index in [1.54, 1.807) is 25.1 Å². The molecule has 0 aromatic heterocycles. The predicted molar refractivity (Wildman–Crippen MR) is 106 cm³/mol. The molecule has 3 rings (SSSR count). The number of aliphatic hydroxyl groups is 8. The van der Waals surface area contributed by atoms with E-state index in [2.05, 4.69) is 10.6 Å². The molecule has 10 unspecified atom stereocenters. The molecule has 176 valence electrons. The van der Waals surface area contributed by atoms with Crippen molar-refractivity contribution in [3.05, 3.63) is 23.8 Å². The normalized spacial score (nSPS) is 41.1. The number of hydrogen-bond donors (Lipinski definition) is 10. The van der Waals surface area contributed by atoms with Gasteiger partial charge in [0, 0.05) is 11.4 Å². The molecule has 31 heavy (non-hydrogen) atoms. The highest BCUT2D eigenvalue weighted by Crippen LogP contribution is 2.28. The zero-order valence-electron chi connectivity index (χ0n) is 16.8. The Labute approximate surface area is 178 Å². The number of anilines is 2. The Bertz CT molecular complexity index is 736. The van der Waals surface area contributed by atoms with Crippen LogP contribution in [0, 0.1) is 6.92 Å². The first kappa shape index (κ1) is 24.1. The van der Waals surface area contributed by atoms with E-state index in [9.17, 15) is 40.9 Å². The molecule has 10 N–H and O–H groups in total. The molecule has 2 saturated heterocycles. The lowest BCUT2D eigenvalue weighted by atomic mass is 9.98. The second-order valence-electron chi connectivity index (χ2n) is 7.82. The quantitative estimate of drug-likeness (QED) is 0.206. The molecule has 0 radical (unpaired) electrons. The van der Waals surface area contributed by atoms with E-state index in [0.29, 0.717) is 11.4 Å². The zero-order chi connectivity index (χ0) is 22.9. The third-order valence-electron chi connectivity index (χ3n) is 5.63. The highest BCUT2D eigenvalue weighted by Gasteiger charge is 2.44. The maximum Gasteiger partial charge on any atom is 0.157 e. The van der Waals surface area contributed by atoms with Gasteiger partial charge in [-0.2, -0.15) is 0 Å². The summed E-state index contributed by atoms with van der Waals surface area (Å²) >= 11 is 0. The fourth-order valence-electron chi connectivity index (χ4n) is 3.63. The van der Waals surface area contributed by atoms with Gasteiger partial charge >= 0.3 is 0 Å². The zero-order valence-corrected chi connectivity index (χ0v) is 16.8. The topological polar surface area (TPSA) is 204 Å². The Balaban J connectivity index is 1.74. The lowest BCUT2D eigenvalue weighted by Gasteiger charge is -2.41. The fraction of sp³-hybridized carbons (Fsp3) is 0.684. The van der Waals surface area contributed by atoms with Crippen LogP contribution in [0.15, 0.2) is 18.2 Å². The van der Waals surface area contributed by atoms with Crippen molar-refractivity contribution < 1.29 is 50.3 Å². The first-order chi connectivity index (χ1) is 14.7. The van der Waals surface area contributed by atoms with E-state index in [-0.39, 0.29) is 0 Å². The summed E-state index contributed by atoms with van der Waals surface area (Å²) in [6.07, 6.45) is -13.3. The van der Waals surface area contributed by atoms with Gasteiger partial charge in [0.1, 0.15) is 48.8 Å². The number of benzene rings is 1. The van der Waals surface area contributed by atoms with E-state index in [1.165, 1.54) is 0 Å². The number of hydrogen-bond acceptors (Lipinski definition) is 12. The van der Waals surface area contributed by atoms with Crippen LogP contribution < -0.4 is 10.6 Å². The Morgan fingerprint density at radius 2 is 1.19 bits per heavy atom. The minimum absolute atomic E-state index is 0.432. The number of nitrogens with one attached hydrogen (secondary N) is 2. The minimum Gasteiger partial charge on any atom is -0.394 e. The van der Waals surface area contributed by atoms with Gasteiger partial charge in [-0.25, -0.2) is 0 Å². The van der Waals surface area contributed by atoms with Crippen molar-refractivity contribution in [2.24, 2.45) is 0 Å². The number of rotatable bonds is 6.